The van der Waals surface area contributed by atoms with Crippen molar-refractivity contribution in [2.24, 2.45) is 0 Å². The average molecular weight is 611 g/mol. The van der Waals surface area contributed by atoms with E-state index in [9.17, 15) is 0 Å². The van der Waals surface area contributed by atoms with E-state index in [1.54, 1.807) is 0 Å². The van der Waals surface area contributed by atoms with Crippen LogP contribution in [0.4, 0.5) is 0 Å². The maximum absolute atomic E-state index is 5.37. The zero-order chi connectivity index (χ0) is 31.9. The summed E-state index contributed by atoms with van der Waals surface area (Å²) >= 11 is 0. The molecule has 2 heteroatoms. The van der Waals surface area contributed by atoms with Crippen LogP contribution in [-0.4, -0.2) is 9.97 Å². The van der Waals surface area contributed by atoms with E-state index in [1.807, 2.05) is 0 Å². The van der Waals surface area contributed by atoms with Gasteiger partial charge in [-0.15, -0.1) is 0 Å². The molecule has 9 rings (SSSR count). The fourth-order valence-electron chi connectivity index (χ4n) is 6.88. The third-order valence-electron chi connectivity index (χ3n) is 9.25. The summed E-state index contributed by atoms with van der Waals surface area (Å²) in [6, 6.07) is 64.5. The van der Waals surface area contributed by atoms with Gasteiger partial charge in [-0.05, 0) is 79.2 Å². The van der Waals surface area contributed by atoms with Gasteiger partial charge in [0.05, 0.1) is 11.2 Å². The van der Waals surface area contributed by atoms with Gasteiger partial charge in [0.25, 0.3) is 0 Å². The van der Waals surface area contributed by atoms with Crippen LogP contribution in [-0.2, 0) is 0 Å². The summed E-state index contributed by atoms with van der Waals surface area (Å²) < 4.78 is 0. The second-order valence-corrected chi connectivity index (χ2v) is 12.2. The topological polar surface area (TPSA) is 25.8 Å². The standard InChI is InChI=1S/C46H30N2/c1-2-12-31(13-3-1)34-17-8-18-35(28-34)36-19-9-20-37(29-36)38-21-10-22-39(30-38)46-47-43-27-26-33-15-5-7-24-41(33)44(43)45(48-46)42-25-11-16-32-14-4-6-23-40(32)42/h1-30H. The van der Waals surface area contributed by atoms with Crippen LogP contribution in [0.2, 0.25) is 0 Å². The zero-order valence-corrected chi connectivity index (χ0v) is 26.2. The molecule has 0 amide bonds. The first-order valence-corrected chi connectivity index (χ1v) is 16.3. The number of hydrogen-bond acceptors (Lipinski definition) is 2. The van der Waals surface area contributed by atoms with E-state index in [1.165, 1.54) is 38.4 Å². The quantitative estimate of drug-likeness (QED) is 0.181. The van der Waals surface area contributed by atoms with Crippen LogP contribution in [0.1, 0.15) is 0 Å². The molecule has 0 saturated heterocycles. The summed E-state index contributed by atoms with van der Waals surface area (Å²) in [5, 5.41) is 5.79. The highest BCUT2D eigenvalue weighted by atomic mass is 14.9. The van der Waals surface area contributed by atoms with Crippen molar-refractivity contribution in [1.82, 2.24) is 9.97 Å². The summed E-state index contributed by atoms with van der Waals surface area (Å²) in [5.74, 6) is 0.717. The van der Waals surface area contributed by atoms with Crippen LogP contribution in [0, 0.1) is 0 Å². The van der Waals surface area contributed by atoms with E-state index >= 15 is 0 Å². The van der Waals surface area contributed by atoms with Crippen molar-refractivity contribution >= 4 is 32.4 Å². The van der Waals surface area contributed by atoms with E-state index in [0.29, 0.717) is 5.82 Å². The Balaban J connectivity index is 1.18. The van der Waals surface area contributed by atoms with Crippen LogP contribution >= 0.6 is 0 Å². The smallest absolute Gasteiger partial charge is 0.160 e. The third-order valence-corrected chi connectivity index (χ3v) is 9.25. The van der Waals surface area contributed by atoms with Crippen molar-refractivity contribution in [3.63, 3.8) is 0 Å². The monoisotopic (exact) mass is 610 g/mol. The molecule has 0 unspecified atom stereocenters. The first kappa shape index (κ1) is 27.9. The second kappa shape index (κ2) is 11.8. The van der Waals surface area contributed by atoms with Crippen molar-refractivity contribution in [3.8, 4) is 56.0 Å². The van der Waals surface area contributed by atoms with E-state index < -0.39 is 0 Å². The molecule has 0 N–H and O–H groups in total. The maximum Gasteiger partial charge on any atom is 0.160 e. The molecule has 0 aliphatic heterocycles. The third kappa shape index (κ3) is 5.01. The van der Waals surface area contributed by atoms with Crippen LogP contribution in [0.5, 0.6) is 0 Å². The number of aromatic nitrogens is 2. The van der Waals surface area contributed by atoms with Gasteiger partial charge in [-0.1, -0.05) is 158 Å². The number of benzene rings is 8. The van der Waals surface area contributed by atoms with Crippen molar-refractivity contribution < 1.29 is 0 Å². The molecule has 48 heavy (non-hydrogen) atoms. The molecule has 0 atom stereocenters. The largest absolute Gasteiger partial charge is 0.228 e. The van der Waals surface area contributed by atoms with Crippen LogP contribution in [0.25, 0.3) is 88.5 Å². The molecule has 0 aliphatic carbocycles. The minimum atomic E-state index is 0.717. The van der Waals surface area contributed by atoms with Crippen LogP contribution in [0.3, 0.4) is 0 Å². The molecule has 2 nitrogen and oxygen atoms in total. The molecule has 0 radical (unpaired) electrons. The summed E-state index contributed by atoms with van der Waals surface area (Å²) in [7, 11) is 0. The van der Waals surface area contributed by atoms with Gasteiger partial charge < -0.3 is 0 Å². The van der Waals surface area contributed by atoms with E-state index in [4.69, 9.17) is 9.97 Å². The van der Waals surface area contributed by atoms with Gasteiger partial charge in [0, 0.05) is 16.5 Å². The predicted molar refractivity (Wildman–Crippen MR) is 202 cm³/mol. The minimum absolute atomic E-state index is 0.717. The highest BCUT2D eigenvalue weighted by Gasteiger charge is 2.16. The Hall–Kier alpha value is -6.38. The number of hydrogen-bond donors (Lipinski definition) is 0. The number of nitrogens with zero attached hydrogens (tertiary/aromatic N) is 2. The Bertz CT molecular complexity index is 2610. The first-order chi connectivity index (χ1) is 23.8. The lowest BCUT2D eigenvalue weighted by molar-refractivity contribution is 1.23. The molecule has 224 valence electrons. The number of rotatable bonds is 5. The molecule has 1 heterocycles. The summed E-state index contributed by atoms with van der Waals surface area (Å²) in [6.45, 7) is 0. The highest BCUT2D eigenvalue weighted by molar-refractivity contribution is 6.15. The molecule has 1 aromatic heterocycles. The fraction of sp³-hybridized carbons (Fsp3) is 0. The van der Waals surface area contributed by atoms with E-state index in [2.05, 4.69) is 182 Å². The molecule has 8 aromatic carbocycles. The maximum atomic E-state index is 5.37. The van der Waals surface area contributed by atoms with Gasteiger partial charge in [0.1, 0.15) is 0 Å². The normalized spacial score (nSPS) is 11.3. The van der Waals surface area contributed by atoms with E-state index in [-0.39, 0.29) is 0 Å². The van der Waals surface area contributed by atoms with Crippen molar-refractivity contribution in [2.45, 2.75) is 0 Å². The molecule has 0 spiro atoms. The van der Waals surface area contributed by atoms with Gasteiger partial charge in [-0.25, -0.2) is 9.97 Å². The first-order valence-electron chi connectivity index (χ1n) is 16.3. The van der Waals surface area contributed by atoms with Crippen molar-refractivity contribution in [2.75, 3.05) is 0 Å². The lowest BCUT2D eigenvalue weighted by Crippen LogP contribution is -1.97. The van der Waals surface area contributed by atoms with Gasteiger partial charge in [0.15, 0.2) is 5.82 Å². The molecular weight excluding hydrogens is 581 g/mol. The average Bonchev–Trinajstić information content (AvgIpc) is 3.17. The minimum Gasteiger partial charge on any atom is -0.228 e. The summed E-state index contributed by atoms with van der Waals surface area (Å²) in [4.78, 5) is 10.6. The predicted octanol–water partition coefficient (Wildman–Crippen LogP) is 12.3. The molecule has 0 aliphatic rings. The SMILES string of the molecule is c1ccc(-c2cccc(-c3cccc(-c4cccc(-c5nc(-c6cccc7ccccc67)c6c(ccc7ccccc76)n5)c4)c3)c2)cc1. The summed E-state index contributed by atoms with van der Waals surface area (Å²) in [5.41, 5.74) is 11.1. The zero-order valence-electron chi connectivity index (χ0n) is 26.2. The van der Waals surface area contributed by atoms with Gasteiger partial charge in [0.2, 0.25) is 0 Å². The Morgan fingerprint density at radius 2 is 0.792 bits per heavy atom. The van der Waals surface area contributed by atoms with Crippen molar-refractivity contribution in [3.05, 3.63) is 182 Å². The molecule has 0 saturated carbocycles. The molecule has 0 fully saturated rings. The lowest BCUT2D eigenvalue weighted by atomic mass is 9.95. The Labute approximate surface area is 279 Å². The molecule has 9 aromatic rings. The van der Waals surface area contributed by atoms with Gasteiger partial charge in [-0.3, -0.25) is 0 Å². The Morgan fingerprint density at radius 1 is 0.312 bits per heavy atom. The van der Waals surface area contributed by atoms with Crippen molar-refractivity contribution in [1.29, 1.82) is 0 Å². The fourth-order valence-corrected chi connectivity index (χ4v) is 6.88. The molecular formula is C46H30N2. The number of fused-ring (bicyclic) bond motifs is 4. The van der Waals surface area contributed by atoms with Gasteiger partial charge in [-0.2, -0.15) is 0 Å². The Kier molecular flexibility index (Phi) is 6.84. The highest BCUT2D eigenvalue weighted by Crippen LogP contribution is 2.38. The summed E-state index contributed by atoms with van der Waals surface area (Å²) in [6.07, 6.45) is 0. The molecule has 0 bridgehead atoms. The van der Waals surface area contributed by atoms with Gasteiger partial charge >= 0.3 is 0 Å². The van der Waals surface area contributed by atoms with Crippen LogP contribution in [0.15, 0.2) is 182 Å². The lowest BCUT2D eigenvalue weighted by Gasteiger charge is -2.14. The second-order valence-electron chi connectivity index (χ2n) is 12.2. The Morgan fingerprint density at radius 3 is 1.48 bits per heavy atom. The van der Waals surface area contributed by atoms with E-state index in [0.717, 1.165) is 44.2 Å². The van der Waals surface area contributed by atoms with Crippen LogP contribution < -0.4 is 0 Å².